The highest BCUT2D eigenvalue weighted by Gasteiger charge is 2.45. The van der Waals surface area contributed by atoms with Gasteiger partial charge >= 0.3 is 5.97 Å². The zero-order chi connectivity index (χ0) is 15.6. The number of aliphatic carboxylic acids is 1. The summed E-state index contributed by atoms with van der Waals surface area (Å²) >= 11 is 0. The molecule has 1 amide bonds. The fraction of sp³-hybridized carbons (Fsp3) is 0.538. The van der Waals surface area contributed by atoms with Gasteiger partial charge in [0.25, 0.3) is 11.6 Å². The van der Waals surface area contributed by atoms with Gasteiger partial charge in [0.15, 0.2) is 0 Å². The van der Waals surface area contributed by atoms with Crippen LogP contribution in [0.25, 0.3) is 0 Å². The summed E-state index contributed by atoms with van der Waals surface area (Å²) in [6.45, 7) is 2.39. The molecule has 1 aromatic heterocycles. The van der Waals surface area contributed by atoms with Crippen molar-refractivity contribution in [2.45, 2.75) is 26.2 Å². The lowest BCUT2D eigenvalue weighted by atomic mass is 9.83. The Bertz CT molecular complexity index is 582. The van der Waals surface area contributed by atoms with E-state index in [1.165, 1.54) is 11.0 Å². The van der Waals surface area contributed by atoms with Crippen LogP contribution in [0.5, 0.6) is 0 Å². The summed E-state index contributed by atoms with van der Waals surface area (Å²) in [4.78, 5) is 37.8. The summed E-state index contributed by atoms with van der Waals surface area (Å²) in [6.07, 6.45) is 2.80. The number of aromatic amines is 1. The number of hydrogen-bond donors (Lipinski definition) is 2. The van der Waals surface area contributed by atoms with Crippen molar-refractivity contribution in [1.29, 1.82) is 0 Å². The van der Waals surface area contributed by atoms with E-state index in [4.69, 9.17) is 0 Å². The lowest BCUT2D eigenvalue weighted by molar-refractivity contribution is -0.384. The van der Waals surface area contributed by atoms with Crippen LogP contribution < -0.4 is 0 Å². The third-order valence-electron chi connectivity index (χ3n) is 3.93. The number of rotatable bonds is 5. The molecule has 0 spiro atoms. The predicted octanol–water partition coefficient (Wildman–Crippen LogP) is 1.64. The zero-order valence-corrected chi connectivity index (χ0v) is 11.7. The van der Waals surface area contributed by atoms with Crippen LogP contribution in [-0.4, -0.2) is 44.9 Å². The Morgan fingerprint density at radius 2 is 2.29 bits per heavy atom. The number of carboxylic acid groups (broad SMARTS) is 1. The number of likely N-dealkylation sites (tertiary alicyclic amines) is 1. The molecule has 1 atom stereocenters. The lowest BCUT2D eigenvalue weighted by Crippen LogP contribution is -2.37. The molecule has 21 heavy (non-hydrogen) atoms. The molecule has 114 valence electrons. The number of nitro groups is 1. The van der Waals surface area contributed by atoms with Gasteiger partial charge in [0, 0.05) is 19.2 Å². The van der Waals surface area contributed by atoms with Crippen molar-refractivity contribution in [3.63, 3.8) is 0 Å². The first-order valence-electron chi connectivity index (χ1n) is 6.75. The number of aromatic nitrogens is 1. The largest absolute Gasteiger partial charge is 0.481 e. The second kappa shape index (κ2) is 5.55. The Morgan fingerprint density at radius 1 is 1.57 bits per heavy atom. The summed E-state index contributed by atoms with van der Waals surface area (Å²) in [5.41, 5.74) is -0.974. The van der Waals surface area contributed by atoms with Gasteiger partial charge in [-0.1, -0.05) is 13.3 Å². The molecule has 8 nitrogen and oxygen atoms in total. The van der Waals surface area contributed by atoms with Crippen LogP contribution in [0.1, 0.15) is 36.7 Å². The molecule has 2 rings (SSSR count). The molecule has 0 bridgehead atoms. The lowest BCUT2D eigenvalue weighted by Gasteiger charge is -2.23. The van der Waals surface area contributed by atoms with Gasteiger partial charge in [-0.3, -0.25) is 19.7 Å². The van der Waals surface area contributed by atoms with E-state index in [1.807, 2.05) is 6.92 Å². The van der Waals surface area contributed by atoms with E-state index in [0.29, 0.717) is 19.4 Å². The Balaban J connectivity index is 2.14. The molecule has 1 unspecified atom stereocenters. The Morgan fingerprint density at radius 3 is 2.81 bits per heavy atom. The van der Waals surface area contributed by atoms with Gasteiger partial charge < -0.3 is 15.0 Å². The molecule has 0 radical (unpaired) electrons. The molecule has 1 fully saturated rings. The first-order valence-corrected chi connectivity index (χ1v) is 6.75. The van der Waals surface area contributed by atoms with Crippen LogP contribution in [0, 0.1) is 15.5 Å². The quantitative estimate of drug-likeness (QED) is 0.632. The van der Waals surface area contributed by atoms with Gasteiger partial charge in [-0.05, 0) is 12.8 Å². The van der Waals surface area contributed by atoms with Crippen molar-refractivity contribution in [1.82, 2.24) is 9.88 Å². The Hall–Kier alpha value is -2.38. The molecule has 0 saturated carbocycles. The number of hydrogen-bond acceptors (Lipinski definition) is 4. The SMILES string of the molecule is CCCC1(C(=O)O)CCN(C(=O)c2cc([N+](=O)[O-])c[nH]2)C1. The minimum Gasteiger partial charge on any atom is -0.481 e. The maximum absolute atomic E-state index is 12.3. The smallest absolute Gasteiger partial charge is 0.311 e. The van der Waals surface area contributed by atoms with Crippen LogP contribution in [-0.2, 0) is 4.79 Å². The Labute approximate surface area is 120 Å². The van der Waals surface area contributed by atoms with E-state index < -0.39 is 22.2 Å². The third kappa shape index (κ3) is 2.74. The topological polar surface area (TPSA) is 117 Å². The molecular weight excluding hydrogens is 278 g/mol. The average molecular weight is 295 g/mol. The van der Waals surface area contributed by atoms with E-state index in [9.17, 15) is 24.8 Å². The van der Waals surface area contributed by atoms with E-state index in [0.717, 1.165) is 12.6 Å². The van der Waals surface area contributed by atoms with Gasteiger partial charge in [0.1, 0.15) is 5.69 Å². The van der Waals surface area contributed by atoms with E-state index in [2.05, 4.69) is 4.98 Å². The van der Waals surface area contributed by atoms with Crippen molar-refractivity contribution in [2.75, 3.05) is 13.1 Å². The second-order valence-corrected chi connectivity index (χ2v) is 5.34. The van der Waals surface area contributed by atoms with Crippen molar-refractivity contribution in [3.05, 3.63) is 28.1 Å². The van der Waals surface area contributed by atoms with E-state index in [-0.39, 0.29) is 17.9 Å². The normalized spacial score (nSPS) is 21.5. The van der Waals surface area contributed by atoms with E-state index >= 15 is 0 Å². The summed E-state index contributed by atoms with van der Waals surface area (Å²) in [7, 11) is 0. The van der Waals surface area contributed by atoms with Crippen molar-refractivity contribution < 1.29 is 19.6 Å². The molecule has 1 aliphatic rings. The highest BCUT2D eigenvalue weighted by Crippen LogP contribution is 2.36. The van der Waals surface area contributed by atoms with Gasteiger partial charge in [-0.15, -0.1) is 0 Å². The van der Waals surface area contributed by atoms with Crippen LogP contribution in [0.15, 0.2) is 12.3 Å². The van der Waals surface area contributed by atoms with Crippen LogP contribution >= 0.6 is 0 Å². The summed E-state index contributed by atoms with van der Waals surface area (Å²) in [6, 6.07) is 1.17. The van der Waals surface area contributed by atoms with Crippen molar-refractivity contribution in [2.24, 2.45) is 5.41 Å². The predicted molar refractivity (Wildman–Crippen MR) is 72.9 cm³/mol. The maximum atomic E-state index is 12.3. The number of carbonyl (C=O) groups excluding carboxylic acids is 1. The van der Waals surface area contributed by atoms with Crippen LogP contribution in [0.4, 0.5) is 5.69 Å². The fourth-order valence-electron chi connectivity index (χ4n) is 2.79. The van der Waals surface area contributed by atoms with Crippen molar-refractivity contribution in [3.8, 4) is 0 Å². The molecule has 1 saturated heterocycles. The highest BCUT2D eigenvalue weighted by atomic mass is 16.6. The third-order valence-corrected chi connectivity index (χ3v) is 3.93. The van der Waals surface area contributed by atoms with Crippen LogP contribution in [0.3, 0.4) is 0 Å². The fourth-order valence-corrected chi connectivity index (χ4v) is 2.79. The number of nitrogens with one attached hydrogen (secondary N) is 1. The summed E-state index contributed by atoms with van der Waals surface area (Å²) in [5.74, 6) is -1.29. The van der Waals surface area contributed by atoms with Gasteiger partial charge in [0.2, 0.25) is 0 Å². The maximum Gasteiger partial charge on any atom is 0.311 e. The van der Waals surface area contributed by atoms with Gasteiger partial charge in [-0.25, -0.2) is 0 Å². The summed E-state index contributed by atoms with van der Waals surface area (Å²) < 4.78 is 0. The highest BCUT2D eigenvalue weighted by molar-refractivity contribution is 5.94. The van der Waals surface area contributed by atoms with Crippen LogP contribution in [0.2, 0.25) is 0 Å². The molecule has 0 aliphatic carbocycles. The number of nitrogens with zero attached hydrogens (tertiary/aromatic N) is 2. The minimum atomic E-state index is -0.900. The monoisotopic (exact) mass is 295 g/mol. The Kier molecular flexibility index (Phi) is 3.97. The van der Waals surface area contributed by atoms with Crippen molar-refractivity contribution >= 4 is 17.6 Å². The van der Waals surface area contributed by atoms with Gasteiger partial charge in [-0.2, -0.15) is 0 Å². The molecule has 2 heterocycles. The zero-order valence-electron chi connectivity index (χ0n) is 11.7. The standard InChI is InChI=1S/C13H17N3O5/c1-2-3-13(12(18)19)4-5-15(8-13)11(17)10-6-9(7-14-10)16(20)21/h6-7,14H,2-5,8H2,1H3,(H,18,19). The minimum absolute atomic E-state index is 0.111. The molecule has 0 aromatic carbocycles. The number of H-pyrrole nitrogens is 1. The number of carboxylic acids is 1. The first kappa shape index (κ1) is 15.0. The van der Waals surface area contributed by atoms with E-state index in [1.54, 1.807) is 0 Å². The number of amides is 1. The number of carbonyl (C=O) groups is 2. The first-order chi connectivity index (χ1) is 9.89. The average Bonchev–Trinajstić information content (AvgIpc) is 3.06. The second-order valence-electron chi connectivity index (χ2n) is 5.34. The van der Waals surface area contributed by atoms with Gasteiger partial charge in [0.05, 0.1) is 16.5 Å². The molecule has 2 N–H and O–H groups in total. The summed E-state index contributed by atoms with van der Waals surface area (Å²) in [5, 5.41) is 20.0. The molecule has 1 aromatic rings. The molecular formula is C13H17N3O5. The molecule has 1 aliphatic heterocycles. The molecule has 8 heteroatoms.